The Morgan fingerprint density at radius 1 is 1.50 bits per heavy atom. The van der Waals surface area contributed by atoms with Crippen molar-refractivity contribution in [1.82, 2.24) is 10.3 Å². The number of aromatic nitrogens is 1. The van der Waals surface area contributed by atoms with E-state index in [0.29, 0.717) is 5.82 Å². The summed E-state index contributed by atoms with van der Waals surface area (Å²) in [5, 5.41) is 4.89. The van der Waals surface area contributed by atoms with Crippen molar-refractivity contribution in [1.29, 1.82) is 0 Å². The average Bonchev–Trinajstić information content (AvgIpc) is 2.32. The van der Waals surface area contributed by atoms with Crippen molar-refractivity contribution in [2.75, 3.05) is 18.5 Å². The lowest BCUT2D eigenvalue weighted by molar-refractivity contribution is -0.141. The van der Waals surface area contributed by atoms with Crippen LogP contribution in [0.1, 0.15) is 12.5 Å². The second-order valence-electron chi connectivity index (χ2n) is 3.43. The fourth-order valence-electron chi connectivity index (χ4n) is 1.13. The first-order valence-electron chi connectivity index (χ1n) is 5.35. The Labute approximate surface area is 113 Å². The molecule has 0 saturated heterocycles. The van der Waals surface area contributed by atoms with Gasteiger partial charge in [0.1, 0.15) is 12.4 Å². The summed E-state index contributed by atoms with van der Waals surface area (Å²) in [6.07, 6.45) is 1.59. The Morgan fingerprint density at radius 2 is 2.22 bits per heavy atom. The van der Waals surface area contributed by atoms with Gasteiger partial charge in [-0.3, -0.25) is 10.1 Å². The summed E-state index contributed by atoms with van der Waals surface area (Å²) in [6, 6.07) is 1.21. The first-order valence-corrected chi connectivity index (χ1v) is 6.15. The minimum Gasteiger partial charge on any atom is -0.465 e. The zero-order chi connectivity index (χ0) is 13.5. The highest BCUT2D eigenvalue weighted by Gasteiger charge is 2.07. The predicted molar refractivity (Wildman–Crippen MR) is 70.3 cm³/mol. The molecular formula is C11H14BrN3O3. The quantitative estimate of drug-likeness (QED) is 0.831. The van der Waals surface area contributed by atoms with Gasteiger partial charge in [-0.1, -0.05) is 0 Å². The van der Waals surface area contributed by atoms with E-state index in [0.717, 1.165) is 10.0 Å². The number of hydrogen-bond acceptors (Lipinski definition) is 4. The van der Waals surface area contributed by atoms with Crippen LogP contribution in [-0.2, 0) is 9.53 Å². The second kappa shape index (κ2) is 6.95. The van der Waals surface area contributed by atoms with Gasteiger partial charge in [0.05, 0.1) is 6.61 Å². The van der Waals surface area contributed by atoms with E-state index >= 15 is 0 Å². The zero-order valence-electron chi connectivity index (χ0n) is 10.1. The van der Waals surface area contributed by atoms with E-state index in [4.69, 9.17) is 0 Å². The minimum absolute atomic E-state index is 0.171. The van der Waals surface area contributed by atoms with E-state index < -0.39 is 12.0 Å². The van der Waals surface area contributed by atoms with Gasteiger partial charge in [0, 0.05) is 10.7 Å². The predicted octanol–water partition coefficient (Wildman–Crippen LogP) is 1.84. The van der Waals surface area contributed by atoms with Crippen molar-refractivity contribution >= 4 is 33.7 Å². The molecule has 7 heteroatoms. The Kier molecular flexibility index (Phi) is 5.57. The molecule has 0 bridgehead atoms. The van der Waals surface area contributed by atoms with Crippen LogP contribution < -0.4 is 10.6 Å². The maximum atomic E-state index is 11.4. The fourth-order valence-corrected chi connectivity index (χ4v) is 1.35. The molecule has 2 amide bonds. The summed E-state index contributed by atoms with van der Waals surface area (Å²) in [7, 11) is 0. The molecule has 98 valence electrons. The molecule has 0 aliphatic heterocycles. The average molecular weight is 316 g/mol. The van der Waals surface area contributed by atoms with Crippen LogP contribution in [0.25, 0.3) is 0 Å². The van der Waals surface area contributed by atoms with Crippen molar-refractivity contribution in [3.8, 4) is 0 Å². The van der Waals surface area contributed by atoms with Crippen molar-refractivity contribution in [2.45, 2.75) is 13.8 Å². The van der Waals surface area contributed by atoms with E-state index in [-0.39, 0.29) is 13.2 Å². The number of aryl methyl sites for hydroxylation is 1. The third-order valence-corrected chi connectivity index (χ3v) is 2.82. The van der Waals surface area contributed by atoms with Gasteiger partial charge in [-0.15, -0.1) is 0 Å². The second-order valence-corrected chi connectivity index (χ2v) is 4.29. The van der Waals surface area contributed by atoms with Gasteiger partial charge in [0.25, 0.3) is 0 Å². The van der Waals surface area contributed by atoms with Crippen molar-refractivity contribution in [3.63, 3.8) is 0 Å². The number of ether oxygens (including phenoxy) is 1. The number of anilines is 1. The third-order valence-electron chi connectivity index (χ3n) is 1.99. The van der Waals surface area contributed by atoms with Crippen LogP contribution in [0.4, 0.5) is 10.6 Å². The van der Waals surface area contributed by atoms with E-state index in [2.05, 4.69) is 36.3 Å². The fraction of sp³-hybridized carbons (Fsp3) is 0.364. The van der Waals surface area contributed by atoms with Gasteiger partial charge in [-0.2, -0.15) is 0 Å². The van der Waals surface area contributed by atoms with Gasteiger partial charge >= 0.3 is 12.0 Å². The number of rotatable bonds is 4. The van der Waals surface area contributed by atoms with Crippen LogP contribution in [0.5, 0.6) is 0 Å². The van der Waals surface area contributed by atoms with Crippen LogP contribution in [0.15, 0.2) is 16.7 Å². The molecular weight excluding hydrogens is 302 g/mol. The maximum Gasteiger partial charge on any atom is 0.325 e. The highest BCUT2D eigenvalue weighted by molar-refractivity contribution is 9.10. The van der Waals surface area contributed by atoms with Crippen molar-refractivity contribution in [3.05, 3.63) is 22.3 Å². The van der Waals surface area contributed by atoms with E-state index in [1.165, 1.54) is 0 Å². The summed E-state index contributed by atoms with van der Waals surface area (Å²) in [5.74, 6) is -0.0651. The molecule has 0 unspecified atom stereocenters. The summed E-state index contributed by atoms with van der Waals surface area (Å²) in [6.45, 7) is 3.70. The number of pyridine rings is 1. The minimum atomic E-state index is -0.503. The summed E-state index contributed by atoms with van der Waals surface area (Å²) < 4.78 is 5.54. The SMILES string of the molecule is CCOC(=O)CNC(=O)Nc1cc(C)c(Br)cn1. The maximum absolute atomic E-state index is 11.4. The van der Waals surface area contributed by atoms with Crippen LogP contribution in [-0.4, -0.2) is 30.1 Å². The summed E-state index contributed by atoms with van der Waals surface area (Å²) in [4.78, 5) is 26.5. The number of urea groups is 1. The Morgan fingerprint density at radius 3 is 2.83 bits per heavy atom. The van der Waals surface area contributed by atoms with Crippen LogP contribution in [0.2, 0.25) is 0 Å². The van der Waals surface area contributed by atoms with Crippen LogP contribution >= 0.6 is 15.9 Å². The van der Waals surface area contributed by atoms with Gasteiger partial charge in [0.2, 0.25) is 0 Å². The Balaban J connectivity index is 2.44. The molecule has 0 atom stereocenters. The molecule has 1 aromatic rings. The van der Waals surface area contributed by atoms with Crippen molar-refractivity contribution < 1.29 is 14.3 Å². The van der Waals surface area contributed by atoms with E-state index in [1.54, 1.807) is 19.2 Å². The van der Waals surface area contributed by atoms with Crippen molar-refractivity contribution in [2.24, 2.45) is 0 Å². The molecule has 6 nitrogen and oxygen atoms in total. The molecule has 0 fully saturated rings. The number of halogens is 1. The molecule has 0 radical (unpaired) electrons. The van der Waals surface area contributed by atoms with E-state index in [9.17, 15) is 9.59 Å². The Hall–Kier alpha value is -1.63. The highest BCUT2D eigenvalue weighted by atomic mass is 79.9. The topological polar surface area (TPSA) is 80.3 Å². The number of nitrogens with one attached hydrogen (secondary N) is 2. The number of carbonyl (C=O) groups is 2. The van der Waals surface area contributed by atoms with Gasteiger partial charge < -0.3 is 10.1 Å². The van der Waals surface area contributed by atoms with E-state index in [1.807, 2.05) is 6.92 Å². The lowest BCUT2D eigenvalue weighted by Gasteiger charge is -2.07. The number of hydrogen-bond donors (Lipinski definition) is 2. The Bertz CT molecular complexity index is 451. The smallest absolute Gasteiger partial charge is 0.325 e. The number of esters is 1. The molecule has 0 spiro atoms. The normalized spacial score (nSPS) is 9.72. The largest absolute Gasteiger partial charge is 0.465 e. The number of amides is 2. The van der Waals surface area contributed by atoms with Crippen LogP contribution in [0, 0.1) is 6.92 Å². The molecule has 0 aliphatic carbocycles. The molecule has 1 rings (SSSR count). The zero-order valence-corrected chi connectivity index (χ0v) is 11.7. The molecule has 1 heterocycles. The monoisotopic (exact) mass is 315 g/mol. The summed E-state index contributed by atoms with van der Waals surface area (Å²) >= 11 is 3.31. The van der Waals surface area contributed by atoms with Gasteiger partial charge in [-0.05, 0) is 41.4 Å². The molecule has 0 saturated carbocycles. The molecule has 0 aliphatic rings. The first kappa shape index (κ1) is 14.4. The number of nitrogens with zero attached hydrogens (tertiary/aromatic N) is 1. The first-order chi connectivity index (χ1) is 8.52. The van der Waals surface area contributed by atoms with Crippen LogP contribution in [0.3, 0.4) is 0 Å². The highest BCUT2D eigenvalue weighted by Crippen LogP contribution is 2.16. The lowest BCUT2D eigenvalue weighted by Crippen LogP contribution is -2.34. The number of carbonyl (C=O) groups excluding carboxylic acids is 2. The molecule has 0 aromatic carbocycles. The third kappa shape index (κ3) is 4.70. The molecule has 18 heavy (non-hydrogen) atoms. The van der Waals surface area contributed by atoms with Gasteiger partial charge in [0.15, 0.2) is 0 Å². The molecule has 1 aromatic heterocycles. The molecule has 2 N–H and O–H groups in total. The standard InChI is InChI=1S/C11H14BrN3O3/c1-3-18-10(16)6-14-11(17)15-9-4-7(2)8(12)5-13-9/h4-5H,3,6H2,1-2H3,(H2,13,14,15,17). The lowest BCUT2D eigenvalue weighted by atomic mass is 10.3. The van der Waals surface area contributed by atoms with Gasteiger partial charge in [-0.25, -0.2) is 9.78 Å². The summed E-state index contributed by atoms with van der Waals surface area (Å²) in [5.41, 5.74) is 0.950.